The number of benzene rings is 1. The molecule has 1 N–H and O–H groups in total. The number of aromatic nitrogens is 3. The SMILES string of the molecule is Cc1nn(C)c(F)c1/C=N/NC(=O)Cn1c2c(c3ccccc31)CCCC2. The molecule has 1 amide bonds. The molecule has 0 bridgehead atoms. The average molecular weight is 367 g/mol. The summed E-state index contributed by atoms with van der Waals surface area (Å²) in [6, 6.07) is 8.21. The van der Waals surface area contributed by atoms with Crippen molar-refractivity contribution in [3.63, 3.8) is 0 Å². The number of halogens is 1. The highest BCUT2D eigenvalue weighted by molar-refractivity contribution is 5.88. The Morgan fingerprint density at radius 2 is 2.11 bits per heavy atom. The molecule has 0 unspecified atom stereocenters. The first-order valence-electron chi connectivity index (χ1n) is 9.16. The van der Waals surface area contributed by atoms with Gasteiger partial charge in [-0.3, -0.25) is 4.79 Å². The number of fused-ring (bicyclic) bond motifs is 3. The molecular formula is C20H22FN5O. The maximum absolute atomic E-state index is 13.9. The van der Waals surface area contributed by atoms with E-state index in [2.05, 4.69) is 32.3 Å². The second kappa shape index (κ2) is 6.98. The first-order valence-corrected chi connectivity index (χ1v) is 9.16. The molecule has 7 heteroatoms. The number of carbonyl (C=O) groups is 1. The lowest BCUT2D eigenvalue weighted by Crippen LogP contribution is -2.24. The number of para-hydroxylation sites is 1. The number of aryl methyl sites for hydroxylation is 3. The molecule has 0 radical (unpaired) electrons. The molecular weight excluding hydrogens is 345 g/mol. The summed E-state index contributed by atoms with van der Waals surface area (Å²) in [7, 11) is 1.53. The average Bonchev–Trinajstić information content (AvgIpc) is 3.11. The number of nitrogens with one attached hydrogen (secondary N) is 1. The molecule has 140 valence electrons. The molecule has 2 heterocycles. The van der Waals surface area contributed by atoms with Gasteiger partial charge in [0.1, 0.15) is 6.54 Å². The summed E-state index contributed by atoms with van der Waals surface area (Å²) >= 11 is 0. The number of rotatable bonds is 4. The maximum atomic E-state index is 13.9. The van der Waals surface area contributed by atoms with Crippen LogP contribution < -0.4 is 5.43 Å². The molecule has 2 aromatic heterocycles. The fourth-order valence-electron chi connectivity index (χ4n) is 3.91. The van der Waals surface area contributed by atoms with E-state index in [9.17, 15) is 9.18 Å². The lowest BCUT2D eigenvalue weighted by atomic mass is 9.96. The second-order valence-electron chi connectivity index (χ2n) is 6.94. The predicted molar refractivity (Wildman–Crippen MR) is 102 cm³/mol. The third-order valence-corrected chi connectivity index (χ3v) is 5.17. The van der Waals surface area contributed by atoms with Gasteiger partial charge in [0.2, 0.25) is 5.95 Å². The van der Waals surface area contributed by atoms with Gasteiger partial charge in [0, 0.05) is 23.6 Å². The Morgan fingerprint density at radius 1 is 1.33 bits per heavy atom. The summed E-state index contributed by atoms with van der Waals surface area (Å²) in [5.41, 5.74) is 7.01. The normalized spacial score (nSPS) is 14.0. The third-order valence-electron chi connectivity index (χ3n) is 5.17. The number of hydrogen-bond acceptors (Lipinski definition) is 3. The second-order valence-corrected chi connectivity index (χ2v) is 6.94. The van der Waals surface area contributed by atoms with Crippen molar-refractivity contribution < 1.29 is 9.18 Å². The van der Waals surface area contributed by atoms with Gasteiger partial charge in [-0.05, 0) is 44.2 Å². The lowest BCUT2D eigenvalue weighted by Gasteiger charge is -2.15. The molecule has 1 aliphatic rings. The Balaban J connectivity index is 1.54. The summed E-state index contributed by atoms with van der Waals surface area (Å²) in [5.74, 6) is -0.710. The Labute approximate surface area is 156 Å². The summed E-state index contributed by atoms with van der Waals surface area (Å²) in [6.45, 7) is 1.90. The van der Waals surface area contributed by atoms with Crippen LogP contribution in [0.5, 0.6) is 0 Å². The van der Waals surface area contributed by atoms with Gasteiger partial charge in [-0.25, -0.2) is 10.1 Å². The van der Waals surface area contributed by atoms with E-state index in [1.54, 1.807) is 6.92 Å². The van der Waals surface area contributed by atoms with Crippen LogP contribution in [0.1, 0.15) is 35.4 Å². The van der Waals surface area contributed by atoms with Crippen LogP contribution in [0, 0.1) is 12.9 Å². The molecule has 0 spiro atoms. The van der Waals surface area contributed by atoms with Gasteiger partial charge in [0.25, 0.3) is 5.91 Å². The van der Waals surface area contributed by atoms with Crippen LogP contribution >= 0.6 is 0 Å². The largest absolute Gasteiger partial charge is 0.335 e. The van der Waals surface area contributed by atoms with Crippen molar-refractivity contribution in [2.45, 2.75) is 39.2 Å². The van der Waals surface area contributed by atoms with E-state index >= 15 is 0 Å². The van der Waals surface area contributed by atoms with E-state index in [1.807, 2.05) is 12.1 Å². The highest BCUT2D eigenvalue weighted by Crippen LogP contribution is 2.31. The van der Waals surface area contributed by atoms with Gasteiger partial charge in [-0.2, -0.15) is 14.6 Å². The van der Waals surface area contributed by atoms with Crippen molar-refractivity contribution in [1.82, 2.24) is 19.8 Å². The van der Waals surface area contributed by atoms with E-state index in [-0.39, 0.29) is 18.0 Å². The zero-order valence-corrected chi connectivity index (χ0v) is 15.5. The third kappa shape index (κ3) is 3.13. The molecule has 0 saturated carbocycles. The van der Waals surface area contributed by atoms with E-state index in [4.69, 9.17) is 0 Å². The fourth-order valence-corrected chi connectivity index (χ4v) is 3.91. The molecule has 3 aromatic rings. The van der Waals surface area contributed by atoms with Crippen LogP contribution in [-0.2, 0) is 31.2 Å². The lowest BCUT2D eigenvalue weighted by molar-refractivity contribution is -0.121. The molecule has 4 rings (SSSR count). The fraction of sp³-hybridized carbons (Fsp3) is 0.350. The molecule has 6 nitrogen and oxygen atoms in total. The van der Waals surface area contributed by atoms with Gasteiger partial charge in [0.15, 0.2) is 0 Å². The Morgan fingerprint density at radius 3 is 2.89 bits per heavy atom. The van der Waals surface area contributed by atoms with E-state index in [0.29, 0.717) is 5.69 Å². The van der Waals surface area contributed by atoms with Crippen LogP contribution in [0.25, 0.3) is 10.9 Å². The number of hydrazone groups is 1. The van der Waals surface area contributed by atoms with Crippen LogP contribution in [0.2, 0.25) is 0 Å². The van der Waals surface area contributed by atoms with E-state index < -0.39 is 5.95 Å². The highest BCUT2D eigenvalue weighted by Gasteiger charge is 2.20. The maximum Gasteiger partial charge on any atom is 0.259 e. The summed E-state index contributed by atoms with van der Waals surface area (Å²) in [5, 5.41) is 9.14. The molecule has 0 saturated heterocycles. The van der Waals surface area contributed by atoms with Crippen molar-refractivity contribution in [2.24, 2.45) is 12.1 Å². The van der Waals surface area contributed by atoms with Crippen LogP contribution in [-0.4, -0.2) is 26.5 Å². The molecule has 27 heavy (non-hydrogen) atoms. The van der Waals surface area contributed by atoms with E-state index in [1.165, 1.54) is 36.3 Å². The minimum atomic E-state index is -0.476. The topological polar surface area (TPSA) is 64.2 Å². The standard InChI is InChI=1S/C20H22FN5O/c1-13-16(20(21)25(2)24-13)11-22-23-19(27)12-26-17-9-5-3-7-14(17)15-8-4-6-10-18(15)26/h3,5,7,9,11H,4,6,8,10,12H2,1-2H3,(H,23,27)/b22-11+. The number of amides is 1. The number of carbonyl (C=O) groups excluding carboxylic acids is 1. The number of hydrogen-bond donors (Lipinski definition) is 1. The first kappa shape index (κ1) is 17.5. The molecule has 0 atom stereocenters. The zero-order valence-electron chi connectivity index (χ0n) is 15.5. The Bertz CT molecular complexity index is 1050. The molecule has 0 fully saturated rings. The van der Waals surface area contributed by atoms with Crippen molar-refractivity contribution in [1.29, 1.82) is 0 Å². The smallest absolute Gasteiger partial charge is 0.259 e. The summed E-state index contributed by atoms with van der Waals surface area (Å²) in [4.78, 5) is 12.4. The van der Waals surface area contributed by atoms with Crippen LogP contribution in [0.15, 0.2) is 29.4 Å². The van der Waals surface area contributed by atoms with Crippen LogP contribution in [0.3, 0.4) is 0 Å². The van der Waals surface area contributed by atoms with Gasteiger partial charge < -0.3 is 4.57 Å². The van der Waals surface area contributed by atoms with Crippen molar-refractivity contribution in [3.8, 4) is 0 Å². The van der Waals surface area contributed by atoms with Gasteiger partial charge >= 0.3 is 0 Å². The van der Waals surface area contributed by atoms with Gasteiger partial charge in [-0.1, -0.05) is 18.2 Å². The minimum Gasteiger partial charge on any atom is -0.335 e. The van der Waals surface area contributed by atoms with E-state index in [0.717, 1.165) is 29.5 Å². The Kier molecular flexibility index (Phi) is 4.51. The molecule has 1 aliphatic carbocycles. The van der Waals surface area contributed by atoms with Crippen LogP contribution in [0.4, 0.5) is 4.39 Å². The van der Waals surface area contributed by atoms with Gasteiger partial charge in [-0.15, -0.1) is 0 Å². The zero-order chi connectivity index (χ0) is 19.0. The quantitative estimate of drug-likeness (QED) is 0.569. The predicted octanol–water partition coefficient (Wildman–Crippen LogP) is 2.85. The minimum absolute atomic E-state index is 0.196. The molecule has 1 aromatic carbocycles. The summed E-state index contributed by atoms with van der Waals surface area (Å²) < 4.78 is 17.1. The van der Waals surface area contributed by atoms with Gasteiger partial charge in [0.05, 0.1) is 17.5 Å². The molecule has 0 aliphatic heterocycles. The van der Waals surface area contributed by atoms with Crippen molar-refractivity contribution in [2.75, 3.05) is 0 Å². The van der Waals surface area contributed by atoms with Crippen molar-refractivity contribution >= 4 is 23.0 Å². The van der Waals surface area contributed by atoms with Crippen molar-refractivity contribution in [3.05, 3.63) is 52.7 Å². The summed E-state index contributed by atoms with van der Waals surface area (Å²) in [6.07, 6.45) is 5.68. The monoisotopic (exact) mass is 367 g/mol. The number of nitrogens with zero attached hydrogens (tertiary/aromatic N) is 4. The Hall–Kier alpha value is -2.96. The highest BCUT2D eigenvalue weighted by atomic mass is 19.1. The first-order chi connectivity index (χ1) is 13.1.